The highest BCUT2D eigenvalue weighted by Gasteiger charge is 2.30. The largest absolute Gasteiger partial charge is 0.313 e. The van der Waals surface area contributed by atoms with Crippen molar-refractivity contribution < 1.29 is 0 Å². The Morgan fingerprint density at radius 3 is 2.60 bits per heavy atom. The third-order valence-electron chi connectivity index (χ3n) is 1.55. The summed E-state index contributed by atoms with van der Waals surface area (Å²) in [6.07, 6.45) is 0.544. The van der Waals surface area contributed by atoms with Gasteiger partial charge in [-0.25, -0.2) is 0 Å². The number of nitrogens with zero attached hydrogens (tertiary/aromatic N) is 1. The van der Waals surface area contributed by atoms with E-state index in [1.807, 2.05) is 0 Å². The van der Waals surface area contributed by atoms with Gasteiger partial charge in [0.15, 0.2) is 0 Å². The molecule has 4 N–H and O–H groups in total. The van der Waals surface area contributed by atoms with Crippen LogP contribution in [0.5, 0.6) is 0 Å². The fraction of sp³-hybridized carbons (Fsp3) is 1.00. The van der Waals surface area contributed by atoms with Gasteiger partial charge in [0, 0.05) is 13.1 Å². The van der Waals surface area contributed by atoms with Gasteiger partial charge < -0.3 is 10.6 Å². The summed E-state index contributed by atoms with van der Waals surface area (Å²) >= 11 is 0. The van der Waals surface area contributed by atoms with Gasteiger partial charge in [0.2, 0.25) is 0 Å². The number of nitrogens with one attached hydrogen (secondary N) is 2. The van der Waals surface area contributed by atoms with Gasteiger partial charge >= 0.3 is 0 Å². The van der Waals surface area contributed by atoms with E-state index in [-0.39, 0.29) is 6.17 Å². The molecule has 4 nitrogen and oxygen atoms in total. The zero-order valence-corrected chi connectivity index (χ0v) is 6.59. The van der Waals surface area contributed by atoms with Crippen LogP contribution in [0.15, 0.2) is 0 Å². The Hall–Kier alpha value is -0.160. The molecule has 0 bridgehead atoms. The highest BCUT2D eigenvalue weighted by Crippen LogP contribution is 1.97. The van der Waals surface area contributed by atoms with Crippen LogP contribution in [0.2, 0.25) is 0 Å². The monoisotopic (exact) mass is 144 g/mol. The molecule has 2 atom stereocenters. The molecule has 60 valence electrons. The van der Waals surface area contributed by atoms with Gasteiger partial charge in [-0.1, -0.05) is 0 Å². The highest BCUT2D eigenvalue weighted by molar-refractivity contribution is 4.90. The van der Waals surface area contributed by atoms with Crippen LogP contribution in [0.3, 0.4) is 0 Å². The molecule has 0 aromatic heterocycles. The first kappa shape index (κ1) is 7.94. The van der Waals surface area contributed by atoms with Gasteiger partial charge in [0.05, 0.1) is 12.3 Å². The first-order valence-electron chi connectivity index (χ1n) is 3.60. The van der Waals surface area contributed by atoms with Crippen molar-refractivity contribution in [3.63, 3.8) is 0 Å². The third kappa shape index (κ3) is 2.62. The van der Waals surface area contributed by atoms with Crippen molar-refractivity contribution in [3.05, 3.63) is 0 Å². The average Bonchev–Trinajstić information content (AvgIpc) is 2.46. The maximum absolute atomic E-state index is 5.50. The van der Waals surface area contributed by atoms with Crippen molar-refractivity contribution in [2.45, 2.75) is 12.3 Å². The number of hydrogen-bond acceptors (Lipinski definition) is 4. The van der Waals surface area contributed by atoms with Crippen molar-refractivity contribution in [1.29, 1.82) is 0 Å². The standard InChI is InChI=1S/C6H16N4/c1-10(2)4-3-8-6-5(7)9-6/h5-6,8-9H,3-4,7H2,1-2H3. The van der Waals surface area contributed by atoms with Gasteiger partial charge in [-0.05, 0) is 14.1 Å². The number of likely N-dealkylation sites (N-methyl/N-ethyl adjacent to an activating group) is 1. The summed E-state index contributed by atoms with van der Waals surface area (Å²) in [6, 6.07) is 0. The van der Waals surface area contributed by atoms with Crippen LogP contribution in [-0.4, -0.2) is 44.4 Å². The minimum Gasteiger partial charge on any atom is -0.313 e. The summed E-state index contributed by atoms with van der Waals surface area (Å²) in [5, 5.41) is 6.31. The predicted octanol–water partition coefficient (Wildman–Crippen LogP) is -1.65. The first-order valence-corrected chi connectivity index (χ1v) is 3.60. The van der Waals surface area contributed by atoms with Crippen LogP contribution >= 0.6 is 0 Å². The Labute approximate surface area is 61.8 Å². The van der Waals surface area contributed by atoms with E-state index >= 15 is 0 Å². The van der Waals surface area contributed by atoms with Crippen molar-refractivity contribution >= 4 is 0 Å². The number of hydrogen-bond donors (Lipinski definition) is 3. The summed E-state index contributed by atoms with van der Waals surface area (Å²) in [4.78, 5) is 2.14. The number of rotatable bonds is 4. The molecule has 10 heavy (non-hydrogen) atoms. The second kappa shape index (κ2) is 3.30. The maximum Gasteiger partial charge on any atom is 0.0877 e. The summed E-state index contributed by atoms with van der Waals surface area (Å²) in [6.45, 7) is 2.06. The third-order valence-corrected chi connectivity index (χ3v) is 1.55. The zero-order chi connectivity index (χ0) is 7.56. The van der Waals surface area contributed by atoms with E-state index in [0.29, 0.717) is 6.17 Å². The van der Waals surface area contributed by atoms with Gasteiger partial charge in [-0.15, -0.1) is 0 Å². The molecule has 1 aliphatic rings. The normalized spacial score (nSPS) is 31.2. The Bertz CT molecular complexity index is 104. The van der Waals surface area contributed by atoms with Crippen molar-refractivity contribution in [3.8, 4) is 0 Å². The lowest BCUT2D eigenvalue weighted by Crippen LogP contribution is -2.31. The summed E-state index contributed by atoms with van der Waals surface area (Å²) in [5.74, 6) is 0. The Morgan fingerprint density at radius 1 is 1.60 bits per heavy atom. The van der Waals surface area contributed by atoms with Gasteiger partial charge in [0.1, 0.15) is 0 Å². The maximum atomic E-state index is 5.50. The fourth-order valence-electron chi connectivity index (χ4n) is 0.781. The molecule has 0 aromatic rings. The van der Waals surface area contributed by atoms with Crippen LogP contribution in [0.25, 0.3) is 0 Å². The van der Waals surface area contributed by atoms with Crippen molar-refractivity contribution in [2.75, 3.05) is 27.2 Å². The molecule has 0 aliphatic carbocycles. The molecule has 0 radical (unpaired) electrons. The molecule has 1 aliphatic heterocycles. The molecule has 1 rings (SSSR count). The number of nitrogens with two attached hydrogens (primary N) is 1. The molecule has 1 saturated heterocycles. The van der Waals surface area contributed by atoms with E-state index in [0.717, 1.165) is 13.1 Å². The van der Waals surface area contributed by atoms with E-state index < -0.39 is 0 Å². The molecule has 1 fully saturated rings. The first-order chi connectivity index (χ1) is 4.70. The minimum absolute atomic E-state index is 0.183. The summed E-state index contributed by atoms with van der Waals surface area (Å²) in [5.41, 5.74) is 5.50. The highest BCUT2D eigenvalue weighted by atomic mass is 15.4. The SMILES string of the molecule is CN(C)CCNC1NC1N. The Kier molecular flexibility index (Phi) is 2.62. The van der Waals surface area contributed by atoms with Crippen molar-refractivity contribution in [2.24, 2.45) is 5.73 Å². The minimum atomic E-state index is 0.183. The molecular formula is C6H16N4. The molecular weight excluding hydrogens is 128 g/mol. The van der Waals surface area contributed by atoms with Crippen LogP contribution < -0.4 is 16.4 Å². The van der Waals surface area contributed by atoms with Gasteiger partial charge in [-0.3, -0.25) is 10.6 Å². The molecule has 1 heterocycles. The van der Waals surface area contributed by atoms with E-state index in [4.69, 9.17) is 5.73 Å². The van der Waals surface area contributed by atoms with Crippen LogP contribution in [-0.2, 0) is 0 Å². The molecule has 4 heteroatoms. The molecule has 2 unspecified atom stereocenters. The van der Waals surface area contributed by atoms with Crippen LogP contribution in [0.4, 0.5) is 0 Å². The van der Waals surface area contributed by atoms with E-state index in [1.165, 1.54) is 0 Å². The molecule has 0 amide bonds. The molecule has 0 saturated carbocycles. The second-order valence-corrected chi connectivity index (χ2v) is 2.93. The quantitative estimate of drug-likeness (QED) is 0.414. The zero-order valence-electron chi connectivity index (χ0n) is 6.59. The average molecular weight is 144 g/mol. The van der Waals surface area contributed by atoms with Gasteiger partial charge in [-0.2, -0.15) is 0 Å². The van der Waals surface area contributed by atoms with E-state index in [1.54, 1.807) is 0 Å². The van der Waals surface area contributed by atoms with E-state index in [2.05, 4.69) is 29.6 Å². The lowest BCUT2D eigenvalue weighted by Gasteiger charge is -2.08. The predicted molar refractivity (Wildman–Crippen MR) is 41.5 cm³/mol. The fourth-order valence-corrected chi connectivity index (χ4v) is 0.781. The van der Waals surface area contributed by atoms with Crippen LogP contribution in [0.1, 0.15) is 0 Å². The summed E-state index contributed by atoms with van der Waals surface area (Å²) in [7, 11) is 4.11. The Morgan fingerprint density at radius 2 is 2.20 bits per heavy atom. The second-order valence-electron chi connectivity index (χ2n) is 2.93. The summed E-state index contributed by atoms with van der Waals surface area (Å²) < 4.78 is 0. The van der Waals surface area contributed by atoms with Gasteiger partial charge in [0.25, 0.3) is 0 Å². The van der Waals surface area contributed by atoms with Crippen LogP contribution in [0, 0.1) is 0 Å². The van der Waals surface area contributed by atoms with Crippen molar-refractivity contribution in [1.82, 2.24) is 15.5 Å². The Balaban J connectivity index is 1.87. The lowest BCUT2D eigenvalue weighted by molar-refractivity contribution is 0.398. The smallest absolute Gasteiger partial charge is 0.0877 e. The van der Waals surface area contributed by atoms with E-state index in [9.17, 15) is 0 Å². The molecule has 0 spiro atoms. The lowest BCUT2D eigenvalue weighted by atomic mass is 10.5. The molecule has 0 aromatic carbocycles. The topological polar surface area (TPSA) is 63.2 Å².